The van der Waals surface area contributed by atoms with Crippen LogP contribution in [0.4, 0.5) is 5.82 Å². The van der Waals surface area contributed by atoms with E-state index in [9.17, 15) is 4.79 Å². The highest BCUT2D eigenvalue weighted by atomic mass is 32.1. The summed E-state index contributed by atoms with van der Waals surface area (Å²) in [6.07, 6.45) is 1.95. The van der Waals surface area contributed by atoms with Gasteiger partial charge in [0.25, 0.3) is 5.91 Å². The topological polar surface area (TPSA) is 54.0 Å². The molecule has 0 saturated heterocycles. The number of hydrogen-bond acceptors (Lipinski definition) is 4. The molecule has 1 amide bonds. The predicted octanol–water partition coefficient (Wildman–Crippen LogP) is 3.46. The van der Waals surface area contributed by atoms with Gasteiger partial charge in [-0.3, -0.25) is 4.79 Å². The van der Waals surface area contributed by atoms with Crippen LogP contribution in [-0.2, 0) is 0 Å². The van der Waals surface area contributed by atoms with Gasteiger partial charge in [-0.05, 0) is 30.0 Å². The van der Waals surface area contributed by atoms with Crippen LogP contribution in [0.15, 0.2) is 35.7 Å². The van der Waals surface area contributed by atoms with Crippen LogP contribution < -0.4 is 10.6 Å². The third-order valence-corrected chi connectivity index (χ3v) is 3.99. The van der Waals surface area contributed by atoms with Crippen LogP contribution in [0.25, 0.3) is 0 Å². The van der Waals surface area contributed by atoms with Crippen LogP contribution in [-0.4, -0.2) is 17.9 Å². The molecule has 0 aliphatic carbocycles. The predicted molar refractivity (Wildman–Crippen MR) is 83.2 cm³/mol. The third-order valence-electron chi connectivity index (χ3n) is 3.01. The maximum absolute atomic E-state index is 12.3. The van der Waals surface area contributed by atoms with Crippen LogP contribution >= 0.6 is 11.3 Å². The van der Waals surface area contributed by atoms with Gasteiger partial charge in [0, 0.05) is 11.9 Å². The van der Waals surface area contributed by atoms with E-state index < -0.39 is 0 Å². The Hall–Kier alpha value is -1.88. The van der Waals surface area contributed by atoms with E-state index in [1.807, 2.05) is 23.6 Å². The van der Waals surface area contributed by atoms with Crippen molar-refractivity contribution in [1.29, 1.82) is 0 Å². The molecule has 2 N–H and O–H groups in total. The molecular weight excluding hydrogens is 270 g/mol. The zero-order valence-corrected chi connectivity index (χ0v) is 12.5. The second-order valence-electron chi connectivity index (χ2n) is 4.49. The quantitative estimate of drug-likeness (QED) is 0.856. The zero-order valence-electron chi connectivity index (χ0n) is 11.7. The summed E-state index contributed by atoms with van der Waals surface area (Å²) in [4.78, 5) is 17.7. The lowest BCUT2D eigenvalue weighted by molar-refractivity contribution is 0.0930. The van der Waals surface area contributed by atoms with Crippen molar-refractivity contribution in [3.8, 4) is 0 Å². The van der Waals surface area contributed by atoms with Gasteiger partial charge in [-0.2, -0.15) is 0 Å². The fraction of sp³-hybridized carbons (Fsp3) is 0.333. The molecule has 4 nitrogen and oxygen atoms in total. The summed E-state index contributed by atoms with van der Waals surface area (Å²) in [5, 5.41) is 8.04. The van der Waals surface area contributed by atoms with Crippen LogP contribution in [0, 0.1) is 0 Å². The summed E-state index contributed by atoms with van der Waals surface area (Å²) >= 11 is 1.67. The fourth-order valence-corrected chi connectivity index (χ4v) is 2.81. The van der Waals surface area contributed by atoms with Crippen molar-refractivity contribution in [3.05, 3.63) is 46.3 Å². The first kappa shape index (κ1) is 14.5. The van der Waals surface area contributed by atoms with Gasteiger partial charge < -0.3 is 10.6 Å². The molecule has 0 fully saturated rings. The zero-order chi connectivity index (χ0) is 14.4. The van der Waals surface area contributed by atoms with Crippen molar-refractivity contribution >= 4 is 23.1 Å². The largest absolute Gasteiger partial charge is 0.373 e. The van der Waals surface area contributed by atoms with Gasteiger partial charge in [0.15, 0.2) is 0 Å². The number of nitrogens with one attached hydrogen (secondary N) is 2. The van der Waals surface area contributed by atoms with Gasteiger partial charge in [-0.1, -0.05) is 25.5 Å². The SMILES string of the molecule is CCCC(NC(=O)c1cccc(NC)n1)c1cccs1. The van der Waals surface area contributed by atoms with Crippen LogP contribution in [0.5, 0.6) is 0 Å². The lowest BCUT2D eigenvalue weighted by Crippen LogP contribution is -2.28. The number of anilines is 1. The average Bonchev–Trinajstić information content (AvgIpc) is 3.01. The summed E-state index contributed by atoms with van der Waals surface area (Å²) in [6.45, 7) is 2.12. The smallest absolute Gasteiger partial charge is 0.270 e. The van der Waals surface area contributed by atoms with E-state index in [-0.39, 0.29) is 11.9 Å². The highest BCUT2D eigenvalue weighted by Gasteiger charge is 2.16. The minimum Gasteiger partial charge on any atom is -0.373 e. The standard InChI is InChI=1S/C15H19N3OS/c1-3-6-11(13-8-5-10-20-13)18-15(19)12-7-4-9-14(16-2)17-12/h4-5,7-11H,3,6H2,1-2H3,(H,16,17)(H,18,19). The van der Waals surface area contributed by atoms with E-state index >= 15 is 0 Å². The van der Waals surface area contributed by atoms with Gasteiger partial charge in [-0.25, -0.2) is 4.98 Å². The number of hydrogen-bond donors (Lipinski definition) is 2. The Morgan fingerprint density at radius 1 is 1.35 bits per heavy atom. The van der Waals surface area contributed by atoms with Crippen LogP contribution in [0.2, 0.25) is 0 Å². The van der Waals surface area contributed by atoms with Crippen LogP contribution in [0.1, 0.15) is 41.2 Å². The Kier molecular flexibility index (Phi) is 5.12. The van der Waals surface area contributed by atoms with Gasteiger partial charge in [0.1, 0.15) is 11.5 Å². The molecule has 0 spiro atoms. The maximum Gasteiger partial charge on any atom is 0.270 e. The molecule has 0 bridgehead atoms. The molecule has 20 heavy (non-hydrogen) atoms. The van der Waals surface area contributed by atoms with Gasteiger partial charge in [-0.15, -0.1) is 11.3 Å². The number of pyridine rings is 1. The molecule has 106 valence electrons. The average molecular weight is 289 g/mol. The Labute approximate surface area is 123 Å². The number of aromatic nitrogens is 1. The van der Waals surface area contributed by atoms with Crippen LogP contribution in [0.3, 0.4) is 0 Å². The fourth-order valence-electron chi connectivity index (χ4n) is 2.00. The number of rotatable bonds is 6. The lowest BCUT2D eigenvalue weighted by atomic mass is 10.1. The van der Waals surface area contributed by atoms with Crippen molar-refractivity contribution in [1.82, 2.24) is 10.3 Å². The maximum atomic E-state index is 12.3. The molecule has 2 aromatic heterocycles. The van der Waals surface area contributed by atoms with E-state index in [0.29, 0.717) is 11.5 Å². The molecular formula is C15H19N3OS. The van der Waals surface area contributed by atoms with Gasteiger partial charge >= 0.3 is 0 Å². The molecule has 2 heterocycles. The highest BCUT2D eigenvalue weighted by Crippen LogP contribution is 2.23. The Morgan fingerprint density at radius 3 is 2.85 bits per heavy atom. The van der Waals surface area contributed by atoms with E-state index in [1.165, 1.54) is 4.88 Å². The van der Waals surface area contributed by atoms with E-state index in [0.717, 1.165) is 12.8 Å². The first-order valence-corrected chi connectivity index (χ1v) is 7.61. The summed E-state index contributed by atoms with van der Waals surface area (Å²) in [5.41, 5.74) is 0.439. The summed E-state index contributed by atoms with van der Waals surface area (Å²) in [5.74, 6) is 0.565. The third kappa shape index (κ3) is 3.57. The molecule has 2 rings (SSSR count). The number of carbonyl (C=O) groups is 1. The van der Waals surface area contributed by atoms with Gasteiger partial charge in [0.05, 0.1) is 6.04 Å². The second-order valence-corrected chi connectivity index (χ2v) is 5.47. The van der Waals surface area contributed by atoms with Gasteiger partial charge in [0.2, 0.25) is 0 Å². The van der Waals surface area contributed by atoms with E-state index in [2.05, 4.69) is 28.6 Å². The monoisotopic (exact) mass is 289 g/mol. The minimum atomic E-state index is -0.131. The highest BCUT2D eigenvalue weighted by molar-refractivity contribution is 7.10. The number of amides is 1. The van der Waals surface area contributed by atoms with Crippen molar-refractivity contribution in [2.24, 2.45) is 0 Å². The molecule has 5 heteroatoms. The molecule has 0 aromatic carbocycles. The number of thiophene rings is 1. The minimum absolute atomic E-state index is 0.0625. The van der Waals surface area contributed by atoms with E-state index in [1.54, 1.807) is 24.5 Å². The number of carbonyl (C=O) groups excluding carboxylic acids is 1. The van der Waals surface area contributed by atoms with E-state index in [4.69, 9.17) is 0 Å². The molecule has 0 aliphatic heterocycles. The lowest BCUT2D eigenvalue weighted by Gasteiger charge is -2.16. The number of nitrogens with zero attached hydrogens (tertiary/aromatic N) is 1. The van der Waals surface area contributed by atoms with Crippen molar-refractivity contribution in [2.45, 2.75) is 25.8 Å². The molecule has 1 unspecified atom stereocenters. The Morgan fingerprint density at radius 2 is 2.20 bits per heavy atom. The summed E-state index contributed by atoms with van der Waals surface area (Å²) < 4.78 is 0. The van der Waals surface area contributed by atoms with Crippen molar-refractivity contribution in [2.75, 3.05) is 12.4 Å². The Bertz CT molecular complexity index is 554. The van der Waals surface area contributed by atoms with Crippen molar-refractivity contribution < 1.29 is 4.79 Å². The summed E-state index contributed by atoms with van der Waals surface area (Å²) in [6, 6.07) is 9.52. The molecule has 0 saturated carbocycles. The molecule has 0 radical (unpaired) electrons. The normalized spacial score (nSPS) is 11.9. The first-order valence-electron chi connectivity index (χ1n) is 6.73. The summed E-state index contributed by atoms with van der Waals surface area (Å²) in [7, 11) is 1.79. The molecule has 1 atom stereocenters. The molecule has 2 aromatic rings. The Balaban J connectivity index is 2.11. The second kappa shape index (κ2) is 7.05. The molecule has 0 aliphatic rings. The first-order chi connectivity index (χ1) is 9.74. The van der Waals surface area contributed by atoms with Crippen molar-refractivity contribution in [3.63, 3.8) is 0 Å².